The van der Waals surface area contributed by atoms with Gasteiger partial charge in [-0.25, -0.2) is 0 Å². The molecule has 0 bridgehead atoms. The number of pyridine rings is 1. The van der Waals surface area contributed by atoms with Crippen LogP contribution in [0.15, 0.2) is 29.1 Å². The lowest BCUT2D eigenvalue weighted by molar-refractivity contribution is 0.800. The van der Waals surface area contributed by atoms with Gasteiger partial charge in [0, 0.05) is 16.1 Å². The lowest BCUT2D eigenvalue weighted by Gasteiger charge is -2.21. The molecule has 2 aromatic rings. The molecule has 0 fully saturated rings. The molecule has 1 N–H and O–H groups in total. The van der Waals surface area contributed by atoms with Crippen LogP contribution in [0.3, 0.4) is 0 Å². The Hall–Kier alpha value is -1.35. The average molecular weight is 273 g/mol. The molecule has 0 saturated carbocycles. The van der Waals surface area contributed by atoms with Crippen molar-refractivity contribution in [3.05, 3.63) is 40.2 Å². The molecule has 0 amide bonds. The molecule has 1 heterocycles. The second-order valence-electron chi connectivity index (χ2n) is 6.21. The second kappa shape index (κ2) is 5.33. The summed E-state index contributed by atoms with van der Waals surface area (Å²) in [7, 11) is -1.63. The molecule has 102 valence electrons. The fraction of sp³-hybridized carbons (Fsp3) is 0.438. The fourth-order valence-corrected chi connectivity index (χ4v) is 4.63. The molecule has 0 aliphatic heterocycles. The molecule has 0 saturated heterocycles. The Morgan fingerprint density at radius 2 is 1.84 bits per heavy atom. The summed E-state index contributed by atoms with van der Waals surface area (Å²) in [6.07, 6.45) is 3.32. The van der Waals surface area contributed by atoms with Crippen LogP contribution in [-0.4, -0.2) is 13.1 Å². The molecule has 0 unspecified atom stereocenters. The van der Waals surface area contributed by atoms with Crippen LogP contribution in [-0.2, 0) is 6.42 Å². The SMILES string of the molecule is CCCCc1c([Si](C)(C)C)c(=O)[nH]c2ccccc12. The van der Waals surface area contributed by atoms with Crippen molar-refractivity contribution < 1.29 is 0 Å². The maximum Gasteiger partial charge on any atom is 0.247 e. The van der Waals surface area contributed by atoms with Gasteiger partial charge in [0.2, 0.25) is 5.56 Å². The number of aromatic amines is 1. The highest BCUT2D eigenvalue weighted by atomic mass is 28.3. The molecule has 3 heteroatoms. The summed E-state index contributed by atoms with van der Waals surface area (Å²) in [6, 6.07) is 8.18. The monoisotopic (exact) mass is 273 g/mol. The third-order valence-electron chi connectivity index (χ3n) is 3.56. The Kier molecular flexibility index (Phi) is 3.95. The summed E-state index contributed by atoms with van der Waals surface area (Å²) in [4.78, 5) is 15.5. The van der Waals surface area contributed by atoms with Crippen molar-refractivity contribution in [3.8, 4) is 0 Å². The second-order valence-corrected chi connectivity index (χ2v) is 11.2. The van der Waals surface area contributed by atoms with Crippen LogP contribution in [0.2, 0.25) is 19.6 Å². The predicted octanol–water partition coefficient (Wildman–Crippen LogP) is 3.42. The quantitative estimate of drug-likeness (QED) is 0.851. The zero-order chi connectivity index (χ0) is 14.0. The van der Waals surface area contributed by atoms with E-state index in [0.29, 0.717) is 0 Å². The largest absolute Gasteiger partial charge is 0.322 e. The zero-order valence-corrected chi connectivity index (χ0v) is 13.3. The van der Waals surface area contributed by atoms with Gasteiger partial charge in [0.1, 0.15) is 0 Å². The van der Waals surface area contributed by atoms with E-state index >= 15 is 0 Å². The summed E-state index contributed by atoms with van der Waals surface area (Å²) < 4.78 is 0. The number of aryl methyl sites for hydroxylation is 1. The van der Waals surface area contributed by atoms with Gasteiger partial charge in [-0.3, -0.25) is 4.79 Å². The minimum absolute atomic E-state index is 0.129. The van der Waals surface area contributed by atoms with E-state index in [-0.39, 0.29) is 5.56 Å². The van der Waals surface area contributed by atoms with Crippen molar-refractivity contribution in [1.29, 1.82) is 0 Å². The fourth-order valence-electron chi connectivity index (χ4n) is 2.72. The normalized spacial score (nSPS) is 12.0. The van der Waals surface area contributed by atoms with Crippen LogP contribution in [0.4, 0.5) is 0 Å². The first kappa shape index (κ1) is 14.1. The van der Waals surface area contributed by atoms with Crippen molar-refractivity contribution in [2.24, 2.45) is 0 Å². The molecule has 0 radical (unpaired) electrons. The molecule has 0 aliphatic carbocycles. The number of fused-ring (bicyclic) bond motifs is 1. The molecular weight excluding hydrogens is 250 g/mol. The summed E-state index contributed by atoms with van der Waals surface area (Å²) in [6.45, 7) is 8.95. The molecule has 1 aromatic heterocycles. The van der Waals surface area contributed by atoms with Crippen LogP contribution in [0.25, 0.3) is 10.9 Å². The van der Waals surface area contributed by atoms with Gasteiger partial charge < -0.3 is 4.98 Å². The number of nitrogens with one attached hydrogen (secondary N) is 1. The van der Waals surface area contributed by atoms with Crippen LogP contribution in [0.5, 0.6) is 0 Å². The number of hydrogen-bond acceptors (Lipinski definition) is 1. The van der Waals surface area contributed by atoms with Gasteiger partial charge in [0.25, 0.3) is 0 Å². The van der Waals surface area contributed by atoms with Gasteiger partial charge >= 0.3 is 0 Å². The minimum Gasteiger partial charge on any atom is -0.322 e. The van der Waals surface area contributed by atoms with Gasteiger partial charge in [-0.15, -0.1) is 0 Å². The first-order valence-corrected chi connectivity index (χ1v) is 10.6. The highest BCUT2D eigenvalue weighted by molar-refractivity contribution is 6.89. The smallest absolute Gasteiger partial charge is 0.247 e. The van der Waals surface area contributed by atoms with E-state index in [0.717, 1.165) is 30.0 Å². The van der Waals surface area contributed by atoms with Crippen molar-refractivity contribution in [2.75, 3.05) is 0 Å². The van der Waals surface area contributed by atoms with Gasteiger partial charge in [-0.05, 0) is 24.5 Å². The Labute approximate surface area is 115 Å². The molecule has 1 aromatic carbocycles. The summed E-state index contributed by atoms with van der Waals surface area (Å²) in [5, 5.41) is 2.31. The van der Waals surface area contributed by atoms with Crippen molar-refractivity contribution >= 4 is 24.2 Å². The van der Waals surface area contributed by atoms with Gasteiger partial charge in [-0.2, -0.15) is 0 Å². The number of H-pyrrole nitrogens is 1. The molecular formula is C16H23NOSi. The molecule has 2 nitrogen and oxygen atoms in total. The number of hydrogen-bond donors (Lipinski definition) is 1. The zero-order valence-electron chi connectivity index (χ0n) is 12.3. The highest BCUT2D eigenvalue weighted by Gasteiger charge is 2.25. The number of para-hydroxylation sites is 1. The van der Waals surface area contributed by atoms with Gasteiger partial charge in [0.15, 0.2) is 0 Å². The summed E-state index contributed by atoms with van der Waals surface area (Å²) in [5.74, 6) is 0. The Morgan fingerprint density at radius 1 is 1.16 bits per heavy atom. The van der Waals surface area contributed by atoms with Crippen molar-refractivity contribution in [2.45, 2.75) is 45.8 Å². The number of rotatable bonds is 4. The van der Waals surface area contributed by atoms with Crippen LogP contribution >= 0.6 is 0 Å². The van der Waals surface area contributed by atoms with Gasteiger partial charge in [-0.1, -0.05) is 51.2 Å². The predicted molar refractivity (Wildman–Crippen MR) is 86.2 cm³/mol. The summed E-state index contributed by atoms with van der Waals surface area (Å²) in [5.41, 5.74) is 2.39. The van der Waals surface area contributed by atoms with E-state index < -0.39 is 8.07 Å². The molecule has 0 aliphatic rings. The molecule has 0 spiro atoms. The molecule has 19 heavy (non-hydrogen) atoms. The maximum atomic E-state index is 12.4. The van der Waals surface area contributed by atoms with E-state index in [1.54, 1.807) is 0 Å². The third kappa shape index (κ3) is 2.81. The van der Waals surface area contributed by atoms with Crippen molar-refractivity contribution in [3.63, 3.8) is 0 Å². The van der Waals surface area contributed by atoms with E-state index in [1.807, 2.05) is 12.1 Å². The lowest BCUT2D eigenvalue weighted by atomic mass is 10.0. The molecule has 2 rings (SSSR count). The first-order valence-electron chi connectivity index (χ1n) is 7.09. The third-order valence-corrected chi connectivity index (χ3v) is 5.59. The topological polar surface area (TPSA) is 32.9 Å². The van der Waals surface area contributed by atoms with E-state index in [1.165, 1.54) is 10.9 Å². The van der Waals surface area contributed by atoms with E-state index in [9.17, 15) is 4.79 Å². The Balaban J connectivity index is 2.78. The number of benzene rings is 1. The first-order chi connectivity index (χ1) is 8.95. The van der Waals surface area contributed by atoms with E-state index in [4.69, 9.17) is 0 Å². The average Bonchev–Trinajstić information content (AvgIpc) is 2.33. The maximum absolute atomic E-state index is 12.4. The van der Waals surface area contributed by atoms with Gasteiger partial charge in [0.05, 0.1) is 8.07 Å². The number of unbranched alkanes of at least 4 members (excludes halogenated alkanes) is 1. The van der Waals surface area contributed by atoms with Crippen LogP contribution in [0, 0.1) is 0 Å². The van der Waals surface area contributed by atoms with Crippen LogP contribution in [0.1, 0.15) is 25.3 Å². The lowest BCUT2D eigenvalue weighted by Crippen LogP contribution is -2.50. The van der Waals surface area contributed by atoms with Crippen LogP contribution < -0.4 is 10.7 Å². The summed E-state index contributed by atoms with van der Waals surface area (Å²) >= 11 is 0. The minimum atomic E-state index is -1.63. The Morgan fingerprint density at radius 3 is 2.47 bits per heavy atom. The number of aromatic nitrogens is 1. The highest BCUT2D eigenvalue weighted by Crippen LogP contribution is 2.18. The standard InChI is InChI=1S/C16H23NOSi/c1-5-6-9-13-12-10-7-8-11-14(12)17-16(18)15(13)19(2,3)4/h7-8,10-11H,5-6,9H2,1-4H3,(H,17,18). The Bertz CT molecular complexity index is 637. The van der Waals surface area contributed by atoms with Crippen molar-refractivity contribution in [1.82, 2.24) is 4.98 Å². The molecule has 0 atom stereocenters. The van der Waals surface area contributed by atoms with E-state index in [2.05, 4.69) is 43.7 Å².